The van der Waals surface area contributed by atoms with Crippen LogP contribution in [0.25, 0.3) is 21.7 Å². The number of hydrogen-bond donors (Lipinski definition) is 1. The van der Waals surface area contributed by atoms with Gasteiger partial charge in [-0.25, -0.2) is 4.39 Å². The summed E-state index contributed by atoms with van der Waals surface area (Å²) in [4.78, 5) is 27.4. The van der Waals surface area contributed by atoms with Crippen LogP contribution in [-0.2, 0) is 0 Å². The summed E-state index contributed by atoms with van der Waals surface area (Å²) in [7, 11) is 0. The van der Waals surface area contributed by atoms with Gasteiger partial charge in [0.15, 0.2) is 0 Å². The standard InChI is InChI=1S/C20H12FN3O3/c21-17-8-7-13(24(26)27)11-18(17)23-20(25)16-10-12-4-1-2-5-14(12)15-6-3-9-22-19(15)16/h1-11H,(H,23,25). The molecule has 0 aliphatic rings. The Labute approximate surface area is 152 Å². The number of fused-ring (bicyclic) bond motifs is 3. The lowest BCUT2D eigenvalue weighted by Gasteiger charge is -2.11. The molecule has 1 heterocycles. The van der Waals surface area contributed by atoms with Crippen molar-refractivity contribution in [1.29, 1.82) is 0 Å². The molecule has 6 nitrogen and oxygen atoms in total. The molecule has 0 saturated heterocycles. The van der Waals surface area contributed by atoms with Crippen LogP contribution in [0.2, 0.25) is 0 Å². The van der Waals surface area contributed by atoms with Gasteiger partial charge < -0.3 is 5.32 Å². The molecule has 0 fully saturated rings. The predicted molar refractivity (Wildman–Crippen MR) is 100 cm³/mol. The molecule has 0 unspecified atom stereocenters. The van der Waals surface area contributed by atoms with E-state index < -0.39 is 16.6 Å². The Balaban J connectivity index is 1.83. The normalized spacial score (nSPS) is 10.9. The van der Waals surface area contributed by atoms with Crippen molar-refractivity contribution in [1.82, 2.24) is 4.98 Å². The lowest BCUT2D eigenvalue weighted by molar-refractivity contribution is -0.384. The third-order valence-electron chi connectivity index (χ3n) is 4.27. The molecule has 0 radical (unpaired) electrons. The van der Waals surface area contributed by atoms with Crippen LogP contribution >= 0.6 is 0 Å². The minimum absolute atomic E-state index is 0.258. The van der Waals surface area contributed by atoms with E-state index in [9.17, 15) is 19.3 Å². The Bertz CT molecular complexity index is 1220. The van der Waals surface area contributed by atoms with Crippen LogP contribution in [-0.4, -0.2) is 15.8 Å². The van der Waals surface area contributed by atoms with E-state index in [1.807, 2.05) is 30.3 Å². The summed E-state index contributed by atoms with van der Waals surface area (Å²) >= 11 is 0. The van der Waals surface area contributed by atoms with Gasteiger partial charge in [-0.1, -0.05) is 30.3 Å². The summed E-state index contributed by atoms with van der Waals surface area (Å²) in [5, 5.41) is 15.9. The second-order valence-corrected chi connectivity index (χ2v) is 5.92. The summed E-state index contributed by atoms with van der Waals surface area (Å²) in [5.41, 5.74) is 0.161. The molecule has 7 heteroatoms. The highest BCUT2D eigenvalue weighted by Crippen LogP contribution is 2.28. The summed E-state index contributed by atoms with van der Waals surface area (Å²) in [6.07, 6.45) is 1.57. The van der Waals surface area contributed by atoms with Crippen molar-refractivity contribution in [3.05, 3.63) is 88.4 Å². The fraction of sp³-hybridized carbons (Fsp3) is 0. The fourth-order valence-corrected chi connectivity index (χ4v) is 3.01. The second kappa shape index (κ2) is 6.45. The van der Waals surface area contributed by atoms with E-state index in [0.29, 0.717) is 5.52 Å². The van der Waals surface area contributed by atoms with Crippen LogP contribution in [0.1, 0.15) is 10.4 Å². The molecular weight excluding hydrogens is 349 g/mol. The number of benzene rings is 3. The quantitative estimate of drug-likeness (QED) is 0.326. The highest BCUT2D eigenvalue weighted by atomic mass is 19.1. The predicted octanol–water partition coefficient (Wildman–Crippen LogP) is 4.69. The Hall–Kier alpha value is -3.87. The number of carbonyl (C=O) groups is 1. The molecule has 1 amide bonds. The van der Waals surface area contributed by atoms with Crippen molar-refractivity contribution in [2.24, 2.45) is 0 Å². The number of nitro benzene ring substituents is 1. The first-order valence-electron chi connectivity index (χ1n) is 8.06. The maximum Gasteiger partial charge on any atom is 0.271 e. The van der Waals surface area contributed by atoms with Gasteiger partial charge in [0.05, 0.1) is 21.7 Å². The van der Waals surface area contributed by atoms with Gasteiger partial charge in [-0.3, -0.25) is 19.9 Å². The molecule has 132 valence electrons. The van der Waals surface area contributed by atoms with E-state index in [4.69, 9.17) is 0 Å². The van der Waals surface area contributed by atoms with E-state index in [1.165, 1.54) is 0 Å². The largest absolute Gasteiger partial charge is 0.319 e. The number of non-ortho nitro benzene ring substituents is 1. The summed E-state index contributed by atoms with van der Waals surface area (Å²) < 4.78 is 14.0. The maximum absolute atomic E-state index is 14.0. The number of pyridine rings is 1. The highest BCUT2D eigenvalue weighted by Gasteiger charge is 2.17. The number of rotatable bonds is 3. The van der Waals surface area contributed by atoms with Crippen LogP contribution in [0.3, 0.4) is 0 Å². The molecule has 0 atom stereocenters. The summed E-state index contributed by atoms with van der Waals surface area (Å²) in [5.74, 6) is -1.35. The number of nitro groups is 1. The first kappa shape index (κ1) is 16.6. The Kier molecular flexibility index (Phi) is 3.97. The van der Waals surface area contributed by atoms with Crippen molar-refractivity contribution in [3.63, 3.8) is 0 Å². The lowest BCUT2D eigenvalue weighted by atomic mass is 10.0. The number of hydrogen-bond acceptors (Lipinski definition) is 4. The zero-order valence-corrected chi connectivity index (χ0v) is 13.8. The van der Waals surface area contributed by atoms with Gasteiger partial charge in [-0.15, -0.1) is 0 Å². The highest BCUT2D eigenvalue weighted by molar-refractivity contribution is 6.18. The van der Waals surface area contributed by atoms with Gasteiger partial charge in [0.25, 0.3) is 11.6 Å². The molecule has 1 N–H and O–H groups in total. The number of aromatic nitrogens is 1. The third kappa shape index (κ3) is 2.95. The monoisotopic (exact) mass is 361 g/mol. The molecular formula is C20H12FN3O3. The molecule has 3 aromatic carbocycles. The Morgan fingerprint density at radius 1 is 1.04 bits per heavy atom. The molecule has 0 bridgehead atoms. The van der Waals surface area contributed by atoms with Gasteiger partial charge >= 0.3 is 0 Å². The minimum atomic E-state index is -0.757. The van der Waals surface area contributed by atoms with Gasteiger partial charge in [-0.05, 0) is 29.0 Å². The van der Waals surface area contributed by atoms with E-state index >= 15 is 0 Å². The fourth-order valence-electron chi connectivity index (χ4n) is 3.01. The van der Waals surface area contributed by atoms with Crippen molar-refractivity contribution in [3.8, 4) is 0 Å². The first-order chi connectivity index (χ1) is 13.0. The van der Waals surface area contributed by atoms with Crippen molar-refractivity contribution in [2.75, 3.05) is 5.32 Å². The number of nitrogens with one attached hydrogen (secondary N) is 1. The average Bonchev–Trinajstić information content (AvgIpc) is 2.68. The molecule has 0 spiro atoms. The van der Waals surface area contributed by atoms with Crippen LogP contribution < -0.4 is 5.32 Å². The van der Waals surface area contributed by atoms with E-state index in [-0.39, 0.29) is 16.9 Å². The van der Waals surface area contributed by atoms with Gasteiger partial charge in [0.2, 0.25) is 0 Å². The molecule has 27 heavy (non-hydrogen) atoms. The number of amides is 1. The van der Waals surface area contributed by atoms with Crippen molar-refractivity contribution >= 4 is 39.0 Å². The molecule has 4 aromatic rings. The zero-order chi connectivity index (χ0) is 19.0. The van der Waals surface area contributed by atoms with E-state index in [0.717, 1.165) is 34.4 Å². The Morgan fingerprint density at radius 2 is 1.81 bits per heavy atom. The topological polar surface area (TPSA) is 85.1 Å². The maximum atomic E-state index is 14.0. The van der Waals surface area contributed by atoms with Gasteiger partial charge in [0, 0.05) is 23.7 Å². The number of anilines is 1. The smallest absolute Gasteiger partial charge is 0.271 e. The van der Waals surface area contributed by atoms with E-state index in [2.05, 4.69) is 10.3 Å². The molecule has 4 rings (SSSR count). The minimum Gasteiger partial charge on any atom is -0.319 e. The van der Waals surface area contributed by atoms with Gasteiger partial charge in [0.1, 0.15) is 5.82 Å². The van der Waals surface area contributed by atoms with Crippen LogP contribution in [0.5, 0.6) is 0 Å². The number of carbonyl (C=O) groups excluding carboxylic acids is 1. The zero-order valence-electron chi connectivity index (χ0n) is 13.8. The molecule has 0 saturated carbocycles. The van der Waals surface area contributed by atoms with Crippen molar-refractivity contribution in [2.45, 2.75) is 0 Å². The SMILES string of the molecule is O=C(Nc1cc([N+](=O)[O-])ccc1F)c1cc2ccccc2c2cccnc12. The molecule has 0 aliphatic heterocycles. The number of halogens is 1. The Morgan fingerprint density at radius 3 is 2.63 bits per heavy atom. The lowest BCUT2D eigenvalue weighted by Crippen LogP contribution is -2.14. The van der Waals surface area contributed by atoms with Gasteiger partial charge in [-0.2, -0.15) is 0 Å². The summed E-state index contributed by atoms with van der Waals surface area (Å²) in [6.45, 7) is 0. The first-order valence-corrected chi connectivity index (χ1v) is 8.06. The third-order valence-corrected chi connectivity index (χ3v) is 4.27. The molecule has 0 aliphatic carbocycles. The average molecular weight is 361 g/mol. The van der Waals surface area contributed by atoms with Crippen LogP contribution in [0, 0.1) is 15.9 Å². The van der Waals surface area contributed by atoms with Crippen LogP contribution in [0.15, 0.2) is 66.9 Å². The van der Waals surface area contributed by atoms with E-state index in [1.54, 1.807) is 18.3 Å². The summed E-state index contributed by atoms with van der Waals surface area (Å²) in [6, 6.07) is 15.8. The van der Waals surface area contributed by atoms with Crippen molar-refractivity contribution < 1.29 is 14.1 Å². The second-order valence-electron chi connectivity index (χ2n) is 5.92. The molecule has 1 aromatic heterocycles. The van der Waals surface area contributed by atoms with Crippen LogP contribution in [0.4, 0.5) is 15.8 Å². The number of nitrogens with zero attached hydrogens (tertiary/aromatic N) is 2.